The van der Waals surface area contributed by atoms with Gasteiger partial charge in [-0.15, -0.1) is 11.3 Å². The highest BCUT2D eigenvalue weighted by Gasteiger charge is 2.22. The molecule has 0 radical (unpaired) electrons. The highest BCUT2D eigenvalue weighted by Crippen LogP contribution is 2.48. The van der Waals surface area contributed by atoms with E-state index in [0.717, 1.165) is 5.69 Å². The number of nitrogens with zero attached hydrogens (tertiary/aromatic N) is 2. The van der Waals surface area contributed by atoms with E-state index in [2.05, 4.69) is 191 Å². The maximum Gasteiger partial charge on any atom is 0.0634 e. The van der Waals surface area contributed by atoms with Crippen molar-refractivity contribution in [1.82, 2.24) is 9.13 Å². The van der Waals surface area contributed by atoms with Gasteiger partial charge in [0.05, 0.1) is 22.1 Å². The molecule has 0 N–H and O–H groups in total. The molecule has 0 atom stereocenters. The van der Waals surface area contributed by atoms with Crippen molar-refractivity contribution in [2.75, 3.05) is 0 Å². The molecular formula is C48H30N2S. The molecule has 0 aliphatic carbocycles. The predicted octanol–water partition coefficient (Wildman–Crippen LogP) is 13.6. The first-order valence-electron chi connectivity index (χ1n) is 17.4. The minimum Gasteiger partial charge on any atom is -0.309 e. The first-order chi connectivity index (χ1) is 25.3. The summed E-state index contributed by atoms with van der Waals surface area (Å²) in [5.74, 6) is 0. The van der Waals surface area contributed by atoms with Gasteiger partial charge in [0.15, 0.2) is 0 Å². The molecule has 238 valence electrons. The van der Waals surface area contributed by atoms with Gasteiger partial charge in [-0.25, -0.2) is 0 Å². The molecular weight excluding hydrogens is 637 g/mol. The van der Waals surface area contributed by atoms with E-state index in [-0.39, 0.29) is 0 Å². The summed E-state index contributed by atoms with van der Waals surface area (Å²) in [6, 6.07) is 66.5. The van der Waals surface area contributed by atoms with Crippen molar-refractivity contribution < 1.29 is 0 Å². The molecule has 11 rings (SSSR count). The number of rotatable bonds is 4. The fourth-order valence-corrected chi connectivity index (χ4v) is 9.51. The van der Waals surface area contributed by atoms with Crippen LogP contribution >= 0.6 is 11.3 Å². The van der Waals surface area contributed by atoms with Gasteiger partial charge in [0, 0.05) is 58.7 Å². The second kappa shape index (κ2) is 11.0. The van der Waals surface area contributed by atoms with Crippen LogP contribution in [0.15, 0.2) is 182 Å². The fourth-order valence-electron chi connectivity index (χ4n) is 8.27. The molecule has 3 aromatic heterocycles. The third-order valence-corrected chi connectivity index (χ3v) is 11.7. The largest absolute Gasteiger partial charge is 0.309 e. The molecule has 8 aromatic carbocycles. The van der Waals surface area contributed by atoms with Crippen LogP contribution in [0, 0.1) is 0 Å². The van der Waals surface area contributed by atoms with Gasteiger partial charge in [0.25, 0.3) is 0 Å². The number of hydrogen-bond acceptors (Lipinski definition) is 1. The number of benzene rings is 8. The number of hydrogen-bond donors (Lipinski definition) is 0. The average Bonchev–Trinajstić information content (AvgIpc) is 3.86. The monoisotopic (exact) mass is 666 g/mol. The van der Waals surface area contributed by atoms with Crippen molar-refractivity contribution in [3.8, 4) is 33.6 Å². The quantitative estimate of drug-likeness (QED) is 0.177. The molecule has 0 bridgehead atoms. The first-order valence-corrected chi connectivity index (χ1v) is 18.3. The Morgan fingerprint density at radius 3 is 1.76 bits per heavy atom. The SMILES string of the molecule is c1ccc(-c2cccc(-n3c4ccccc4c4cc(-c5cc6c7ccccc7n(-c7ccccc7)c6c6c5sc5ccccc56)ccc43)c2)cc1. The van der Waals surface area contributed by atoms with Gasteiger partial charge < -0.3 is 9.13 Å². The molecule has 0 aliphatic heterocycles. The molecule has 11 aromatic rings. The Kier molecular flexibility index (Phi) is 6.16. The highest BCUT2D eigenvalue weighted by molar-refractivity contribution is 7.26. The van der Waals surface area contributed by atoms with Gasteiger partial charge in [-0.2, -0.15) is 0 Å². The molecule has 51 heavy (non-hydrogen) atoms. The number of fused-ring (bicyclic) bond motifs is 10. The number of para-hydroxylation sites is 3. The normalized spacial score (nSPS) is 11.9. The maximum atomic E-state index is 2.47. The average molecular weight is 667 g/mol. The summed E-state index contributed by atoms with van der Waals surface area (Å²) in [6.45, 7) is 0. The Morgan fingerprint density at radius 2 is 0.961 bits per heavy atom. The van der Waals surface area contributed by atoms with Crippen molar-refractivity contribution in [1.29, 1.82) is 0 Å². The summed E-state index contributed by atoms with van der Waals surface area (Å²) in [4.78, 5) is 0. The van der Waals surface area contributed by atoms with Gasteiger partial charge >= 0.3 is 0 Å². The summed E-state index contributed by atoms with van der Waals surface area (Å²) in [7, 11) is 0. The Balaban J connectivity index is 1.21. The minimum atomic E-state index is 1.16. The van der Waals surface area contributed by atoms with Crippen LogP contribution in [0.4, 0.5) is 0 Å². The van der Waals surface area contributed by atoms with E-state index in [4.69, 9.17) is 0 Å². The standard InChI is InChI=1S/C48H30N2S/c1-3-14-31(15-4-1)32-16-13-19-35(28-32)49-42-23-10-7-20-36(42)40-29-33(26-27-44(40)49)39-30-41-37-21-8-11-24-43(37)50(34-17-5-2-6-18-34)47(41)46-38-22-9-12-25-45(38)51-48(39)46/h1-30H. The number of thiophene rings is 1. The Hall–Kier alpha value is -6.42. The summed E-state index contributed by atoms with van der Waals surface area (Å²) < 4.78 is 7.52. The van der Waals surface area contributed by atoms with Crippen molar-refractivity contribution in [2.24, 2.45) is 0 Å². The van der Waals surface area contributed by atoms with E-state index in [9.17, 15) is 0 Å². The van der Waals surface area contributed by atoms with E-state index >= 15 is 0 Å². The van der Waals surface area contributed by atoms with Crippen LogP contribution in [0.25, 0.3) is 97.4 Å². The van der Waals surface area contributed by atoms with Crippen LogP contribution in [-0.2, 0) is 0 Å². The van der Waals surface area contributed by atoms with Crippen LogP contribution in [-0.4, -0.2) is 9.13 Å². The zero-order valence-corrected chi connectivity index (χ0v) is 28.4. The molecule has 0 saturated carbocycles. The third-order valence-electron chi connectivity index (χ3n) is 10.5. The van der Waals surface area contributed by atoms with Crippen molar-refractivity contribution in [2.45, 2.75) is 0 Å². The molecule has 0 unspecified atom stereocenters. The Bertz CT molecular complexity index is 3130. The molecule has 0 saturated heterocycles. The van der Waals surface area contributed by atoms with Crippen LogP contribution < -0.4 is 0 Å². The van der Waals surface area contributed by atoms with Crippen LogP contribution in [0.5, 0.6) is 0 Å². The van der Waals surface area contributed by atoms with Crippen molar-refractivity contribution >= 4 is 75.1 Å². The van der Waals surface area contributed by atoms with E-state index < -0.39 is 0 Å². The van der Waals surface area contributed by atoms with E-state index in [0.29, 0.717) is 0 Å². The van der Waals surface area contributed by atoms with E-state index in [1.54, 1.807) is 0 Å². The fraction of sp³-hybridized carbons (Fsp3) is 0. The number of aromatic nitrogens is 2. The van der Waals surface area contributed by atoms with Gasteiger partial charge in [0.1, 0.15) is 0 Å². The third kappa shape index (κ3) is 4.22. The summed E-state index contributed by atoms with van der Waals surface area (Å²) in [6.07, 6.45) is 0. The van der Waals surface area contributed by atoms with Crippen molar-refractivity contribution in [3.05, 3.63) is 182 Å². The van der Waals surface area contributed by atoms with Crippen molar-refractivity contribution in [3.63, 3.8) is 0 Å². The topological polar surface area (TPSA) is 9.86 Å². The summed E-state index contributed by atoms with van der Waals surface area (Å²) in [5.41, 5.74) is 12.2. The molecule has 2 nitrogen and oxygen atoms in total. The first kappa shape index (κ1) is 28.4. The highest BCUT2D eigenvalue weighted by atomic mass is 32.1. The smallest absolute Gasteiger partial charge is 0.0634 e. The molecule has 0 aliphatic rings. The zero-order valence-electron chi connectivity index (χ0n) is 27.6. The molecule has 3 heterocycles. The summed E-state index contributed by atoms with van der Waals surface area (Å²) >= 11 is 1.90. The Morgan fingerprint density at radius 1 is 0.353 bits per heavy atom. The van der Waals surface area contributed by atoms with Crippen LogP contribution in [0.2, 0.25) is 0 Å². The predicted molar refractivity (Wildman–Crippen MR) is 219 cm³/mol. The minimum absolute atomic E-state index is 1.16. The molecule has 3 heteroatoms. The van der Waals surface area contributed by atoms with Gasteiger partial charge in [-0.1, -0.05) is 121 Å². The van der Waals surface area contributed by atoms with Gasteiger partial charge in [-0.3, -0.25) is 0 Å². The second-order valence-corrected chi connectivity index (χ2v) is 14.4. The molecule has 0 fully saturated rings. The second-order valence-electron chi connectivity index (χ2n) is 13.3. The van der Waals surface area contributed by atoms with E-state index in [1.807, 2.05) is 11.3 Å². The van der Waals surface area contributed by atoms with Crippen LogP contribution in [0.1, 0.15) is 0 Å². The van der Waals surface area contributed by atoms with Crippen LogP contribution in [0.3, 0.4) is 0 Å². The lowest BCUT2D eigenvalue weighted by Gasteiger charge is -2.12. The van der Waals surface area contributed by atoms with Gasteiger partial charge in [0.2, 0.25) is 0 Å². The Labute approximate surface area is 298 Å². The zero-order chi connectivity index (χ0) is 33.5. The van der Waals surface area contributed by atoms with E-state index in [1.165, 1.54) is 91.7 Å². The summed E-state index contributed by atoms with van der Waals surface area (Å²) in [5, 5.41) is 7.69. The molecule has 0 spiro atoms. The lowest BCUT2D eigenvalue weighted by Crippen LogP contribution is -1.94. The molecule has 0 amide bonds. The van der Waals surface area contributed by atoms with Gasteiger partial charge in [-0.05, 0) is 77.4 Å². The lowest BCUT2D eigenvalue weighted by molar-refractivity contribution is 1.18. The lowest BCUT2D eigenvalue weighted by atomic mass is 9.97. The maximum absolute atomic E-state index is 2.47.